The Morgan fingerprint density at radius 2 is 1.79 bits per heavy atom. The summed E-state index contributed by atoms with van der Waals surface area (Å²) in [5, 5.41) is 9.94. The minimum Gasteiger partial charge on any atom is -0.478 e. The zero-order valence-corrected chi connectivity index (χ0v) is 13.4. The summed E-state index contributed by atoms with van der Waals surface area (Å²) in [7, 11) is 0. The lowest BCUT2D eigenvalue weighted by Gasteiger charge is -2.12. The molecule has 2 aromatic carbocycles. The minimum absolute atomic E-state index is 0.0403. The van der Waals surface area contributed by atoms with Gasteiger partial charge in [0.1, 0.15) is 0 Å². The van der Waals surface area contributed by atoms with Crippen LogP contribution in [0.1, 0.15) is 16.7 Å². The quantitative estimate of drug-likeness (QED) is 0.439. The average Bonchev–Trinajstić information content (AvgIpc) is 2.45. The summed E-state index contributed by atoms with van der Waals surface area (Å²) >= 11 is 11.8. The first-order chi connectivity index (χ1) is 11.1. The highest BCUT2D eigenvalue weighted by Gasteiger charge is 2.31. The Morgan fingerprint density at radius 3 is 2.29 bits per heavy atom. The van der Waals surface area contributed by atoms with E-state index in [1.165, 1.54) is 24.3 Å². The maximum atomic E-state index is 12.7. The maximum absolute atomic E-state index is 12.7. The minimum atomic E-state index is -4.57. The fraction of sp³-hybridized carbons (Fsp3) is 0.0625. The molecule has 0 saturated carbocycles. The van der Waals surface area contributed by atoms with E-state index in [0.717, 1.165) is 12.1 Å². The SMILES string of the molecule is Nc1cc(C(F)(F)F)ccc1/C(=C\c1ccc(Cl)cc1Cl)C(=O)O. The number of anilines is 1. The van der Waals surface area contributed by atoms with Gasteiger partial charge in [0.05, 0.1) is 11.1 Å². The Bertz CT molecular complexity index is 833. The van der Waals surface area contributed by atoms with Crippen molar-refractivity contribution in [3.63, 3.8) is 0 Å². The van der Waals surface area contributed by atoms with Crippen LogP contribution in [-0.4, -0.2) is 11.1 Å². The van der Waals surface area contributed by atoms with Crippen molar-refractivity contribution in [3.8, 4) is 0 Å². The van der Waals surface area contributed by atoms with E-state index in [1.807, 2.05) is 0 Å². The summed E-state index contributed by atoms with van der Waals surface area (Å²) in [4.78, 5) is 11.5. The highest BCUT2D eigenvalue weighted by Crippen LogP contribution is 2.34. The number of halogens is 5. The molecule has 8 heteroatoms. The molecule has 24 heavy (non-hydrogen) atoms. The van der Waals surface area contributed by atoms with Gasteiger partial charge in [-0.2, -0.15) is 13.2 Å². The number of hydrogen-bond donors (Lipinski definition) is 2. The zero-order valence-electron chi connectivity index (χ0n) is 11.9. The second-order valence-electron chi connectivity index (χ2n) is 4.83. The number of benzene rings is 2. The van der Waals surface area contributed by atoms with Crippen molar-refractivity contribution < 1.29 is 23.1 Å². The lowest BCUT2D eigenvalue weighted by Crippen LogP contribution is -2.08. The summed E-state index contributed by atoms with van der Waals surface area (Å²) in [6, 6.07) is 6.90. The molecule has 0 aliphatic rings. The van der Waals surface area contributed by atoms with Crippen LogP contribution in [0, 0.1) is 0 Å². The van der Waals surface area contributed by atoms with Crippen LogP contribution in [0.4, 0.5) is 18.9 Å². The molecule has 0 atom stereocenters. The molecule has 126 valence electrons. The largest absolute Gasteiger partial charge is 0.478 e. The van der Waals surface area contributed by atoms with Gasteiger partial charge in [-0.05, 0) is 35.9 Å². The maximum Gasteiger partial charge on any atom is 0.416 e. The molecule has 0 heterocycles. The average molecular weight is 376 g/mol. The molecular formula is C16H10Cl2F3NO2. The number of carbonyl (C=O) groups is 1. The van der Waals surface area contributed by atoms with Crippen LogP contribution in [0.3, 0.4) is 0 Å². The Morgan fingerprint density at radius 1 is 1.12 bits per heavy atom. The van der Waals surface area contributed by atoms with Crippen molar-refractivity contribution >= 4 is 46.5 Å². The number of alkyl halides is 3. The van der Waals surface area contributed by atoms with Crippen molar-refractivity contribution in [2.75, 3.05) is 5.73 Å². The standard InChI is InChI=1S/C16H10Cl2F3NO2/c17-10-3-1-8(13(18)7-10)5-12(15(23)24)11-4-2-9(6-14(11)22)16(19,20)21/h1-7H,22H2,(H,23,24)/b12-5+. The Hall–Kier alpha value is -2.18. The van der Waals surface area contributed by atoms with E-state index in [9.17, 15) is 23.1 Å². The van der Waals surface area contributed by atoms with E-state index in [1.54, 1.807) is 0 Å². The van der Waals surface area contributed by atoms with Gasteiger partial charge in [0, 0.05) is 21.3 Å². The van der Waals surface area contributed by atoms with E-state index in [2.05, 4.69) is 0 Å². The highest BCUT2D eigenvalue weighted by molar-refractivity contribution is 6.36. The molecule has 2 aromatic rings. The molecule has 3 nitrogen and oxygen atoms in total. The summed E-state index contributed by atoms with van der Waals surface area (Å²) < 4.78 is 38.0. The van der Waals surface area contributed by atoms with Crippen LogP contribution >= 0.6 is 23.2 Å². The smallest absolute Gasteiger partial charge is 0.416 e. The van der Waals surface area contributed by atoms with Gasteiger partial charge in [0.15, 0.2) is 0 Å². The van der Waals surface area contributed by atoms with E-state index < -0.39 is 17.7 Å². The molecule has 0 saturated heterocycles. The van der Waals surface area contributed by atoms with E-state index in [0.29, 0.717) is 16.7 Å². The molecule has 0 spiro atoms. The highest BCUT2D eigenvalue weighted by atomic mass is 35.5. The fourth-order valence-corrected chi connectivity index (χ4v) is 2.48. The summed E-state index contributed by atoms with van der Waals surface area (Å²) in [5.41, 5.74) is 4.37. The van der Waals surface area contributed by atoms with Crippen LogP contribution in [0.25, 0.3) is 11.6 Å². The van der Waals surface area contributed by atoms with Crippen LogP contribution in [-0.2, 0) is 11.0 Å². The van der Waals surface area contributed by atoms with E-state index >= 15 is 0 Å². The second kappa shape index (κ2) is 6.75. The molecule has 0 aromatic heterocycles. The van der Waals surface area contributed by atoms with Gasteiger partial charge in [-0.15, -0.1) is 0 Å². The number of hydrogen-bond acceptors (Lipinski definition) is 2. The Labute approximate surface area is 145 Å². The number of nitrogen functional groups attached to an aromatic ring is 1. The number of aliphatic carboxylic acids is 1. The molecule has 0 aliphatic carbocycles. The Balaban J connectivity index is 2.56. The molecule has 2 rings (SSSR count). The molecule has 0 unspecified atom stereocenters. The number of carboxylic acid groups (broad SMARTS) is 1. The monoisotopic (exact) mass is 375 g/mol. The molecule has 3 N–H and O–H groups in total. The lowest BCUT2D eigenvalue weighted by atomic mass is 9.99. The Kier molecular flexibility index (Phi) is 5.11. The number of rotatable bonds is 3. The predicted molar refractivity (Wildman–Crippen MR) is 87.8 cm³/mol. The van der Waals surface area contributed by atoms with E-state index in [-0.39, 0.29) is 21.8 Å². The molecule has 0 bridgehead atoms. The first-order valence-corrected chi connectivity index (χ1v) is 7.22. The molecule has 0 aliphatic heterocycles. The van der Waals surface area contributed by atoms with Crippen molar-refractivity contribution in [2.24, 2.45) is 0 Å². The van der Waals surface area contributed by atoms with Gasteiger partial charge >= 0.3 is 12.1 Å². The molecule has 0 amide bonds. The van der Waals surface area contributed by atoms with E-state index in [4.69, 9.17) is 28.9 Å². The molecule has 0 radical (unpaired) electrons. The fourth-order valence-electron chi connectivity index (χ4n) is 2.01. The van der Waals surface area contributed by atoms with Crippen molar-refractivity contribution in [2.45, 2.75) is 6.18 Å². The number of nitrogens with two attached hydrogens (primary N) is 1. The third-order valence-electron chi connectivity index (χ3n) is 3.16. The van der Waals surface area contributed by atoms with Crippen molar-refractivity contribution in [1.82, 2.24) is 0 Å². The van der Waals surface area contributed by atoms with Crippen LogP contribution < -0.4 is 5.73 Å². The number of carboxylic acids is 1. The van der Waals surface area contributed by atoms with Crippen LogP contribution in [0.15, 0.2) is 36.4 Å². The summed E-state index contributed by atoms with van der Waals surface area (Å²) in [6.45, 7) is 0. The summed E-state index contributed by atoms with van der Waals surface area (Å²) in [6.07, 6.45) is -3.35. The van der Waals surface area contributed by atoms with Gasteiger partial charge in [0.25, 0.3) is 0 Å². The third-order valence-corrected chi connectivity index (χ3v) is 3.72. The van der Waals surface area contributed by atoms with Crippen LogP contribution in [0.2, 0.25) is 10.0 Å². The van der Waals surface area contributed by atoms with Gasteiger partial charge in [-0.1, -0.05) is 35.3 Å². The predicted octanol–water partition coefficient (Wildman–Crippen LogP) is 5.22. The molecule has 0 fully saturated rings. The molecular weight excluding hydrogens is 366 g/mol. The first-order valence-electron chi connectivity index (χ1n) is 6.46. The van der Waals surface area contributed by atoms with Crippen molar-refractivity contribution in [1.29, 1.82) is 0 Å². The normalized spacial score (nSPS) is 12.3. The summed E-state index contributed by atoms with van der Waals surface area (Å²) in [5.74, 6) is -1.35. The van der Waals surface area contributed by atoms with Gasteiger partial charge in [-0.25, -0.2) is 4.79 Å². The zero-order chi connectivity index (χ0) is 18.1. The third kappa shape index (κ3) is 4.01. The topological polar surface area (TPSA) is 63.3 Å². The van der Waals surface area contributed by atoms with Crippen LogP contribution in [0.5, 0.6) is 0 Å². The first kappa shape index (κ1) is 18.2. The second-order valence-corrected chi connectivity index (χ2v) is 5.67. The van der Waals surface area contributed by atoms with Gasteiger partial charge in [0.2, 0.25) is 0 Å². The van der Waals surface area contributed by atoms with Gasteiger partial charge in [-0.3, -0.25) is 0 Å². The van der Waals surface area contributed by atoms with Crippen molar-refractivity contribution in [3.05, 3.63) is 63.1 Å². The van der Waals surface area contributed by atoms with Gasteiger partial charge < -0.3 is 10.8 Å². The lowest BCUT2D eigenvalue weighted by molar-refractivity contribution is -0.137.